The van der Waals surface area contributed by atoms with Gasteiger partial charge in [0.25, 0.3) is 5.56 Å². The largest absolute Gasteiger partial charge is 0.324 e. The van der Waals surface area contributed by atoms with Crippen molar-refractivity contribution in [2.75, 3.05) is 11.9 Å². The van der Waals surface area contributed by atoms with Gasteiger partial charge in [-0.1, -0.05) is 6.07 Å². The lowest BCUT2D eigenvalue weighted by Gasteiger charge is -2.19. The van der Waals surface area contributed by atoms with Gasteiger partial charge in [-0.25, -0.2) is 23.7 Å². The van der Waals surface area contributed by atoms with Crippen LogP contribution in [0.5, 0.6) is 0 Å². The molecular formula is C26H27FN8O. The van der Waals surface area contributed by atoms with E-state index >= 15 is 4.39 Å². The third kappa shape index (κ3) is 4.01. The first-order valence-electron chi connectivity index (χ1n) is 11.9. The van der Waals surface area contributed by atoms with Gasteiger partial charge in [0.15, 0.2) is 17.3 Å². The van der Waals surface area contributed by atoms with Crippen LogP contribution in [-0.2, 0) is 18.4 Å². The number of fused-ring (bicyclic) bond motifs is 2. The molecule has 0 unspecified atom stereocenters. The van der Waals surface area contributed by atoms with Crippen LogP contribution in [0.25, 0.3) is 16.9 Å². The molecule has 5 rings (SSSR count). The van der Waals surface area contributed by atoms with Crippen molar-refractivity contribution in [3.63, 3.8) is 0 Å². The zero-order chi connectivity index (χ0) is 25.6. The molecule has 0 saturated carbocycles. The van der Waals surface area contributed by atoms with E-state index in [1.54, 1.807) is 13.8 Å². The molecule has 0 aliphatic carbocycles. The van der Waals surface area contributed by atoms with Crippen LogP contribution in [0.2, 0.25) is 0 Å². The number of nitriles is 1. The molecule has 0 spiro atoms. The summed E-state index contributed by atoms with van der Waals surface area (Å²) in [6, 6.07) is 10.7. The Balaban J connectivity index is 1.67. The molecule has 9 nitrogen and oxygen atoms in total. The second-order valence-electron chi connectivity index (χ2n) is 9.76. The van der Waals surface area contributed by atoms with Crippen molar-refractivity contribution < 1.29 is 4.39 Å². The van der Waals surface area contributed by atoms with E-state index in [-0.39, 0.29) is 34.4 Å². The fraction of sp³-hybridized carbons (Fsp3) is 0.346. The minimum atomic E-state index is -0.946. The maximum atomic E-state index is 15.2. The summed E-state index contributed by atoms with van der Waals surface area (Å²) >= 11 is 0. The summed E-state index contributed by atoms with van der Waals surface area (Å²) in [6.45, 7) is 8.83. The highest BCUT2D eigenvalue weighted by Crippen LogP contribution is 2.26. The van der Waals surface area contributed by atoms with Crippen LogP contribution in [-0.4, -0.2) is 30.9 Å². The van der Waals surface area contributed by atoms with Gasteiger partial charge in [-0.3, -0.25) is 4.79 Å². The van der Waals surface area contributed by atoms with E-state index in [1.807, 2.05) is 19.9 Å². The van der Waals surface area contributed by atoms with Crippen LogP contribution < -0.4 is 16.2 Å². The number of rotatable bonds is 5. The van der Waals surface area contributed by atoms with Crippen molar-refractivity contribution in [2.24, 2.45) is 0 Å². The van der Waals surface area contributed by atoms with Crippen LogP contribution in [0.3, 0.4) is 0 Å². The average Bonchev–Trinajstić information content (AvgIpc) is 3.15. The normalized spacial score (nSPS) is 13.6. The minimum absolute atomic E-state index is 0.0949. The van der Waals surface area contributed by atoms with E-state index in [0.29, 0.717) is 5.69 Å². The van der Waals surface area contributed by atoms with Gasteiger partial charge < -0.3 is 10.6 Å². The predicted molar refractivity (Wildman–Crippen MR) is 135 cm³/mol. The number of aromatic nitrogens is 5. The lowest BCUT2D eigenvalue weighted by Crippen LogP contribution is -2.26. The Hall–Kier alpha value is -4.10. The number of nitrogens with zero attached hydrogens (tertiary/aromatic N) is 6. The molecule has 0 fully saturated rings. The van der Waals surface area contributed by atoms with Crippen molar-refractivity contribution in [2.45, 2.75) is 52.1 Å². The molecule has 2 N–H and O–H groups in total. The number of anilines is 2. The summed E-state index contributed by atoms with van der Waals surface area (Å²) in [5.74, 6) is -0.447. The molecule has 10 heteroatoms. The number of halogens is 1. The number of hydrogen-bond acceptors (Lipinski definition) is 7. The van der Waals surface area contributed by atoms with Crippen LogP contribution in [0.4, 0.5) is 16.0 Å². The van der Waals surface area contributed by atoms with Crippen molar-refractivity contribution in [1.29, 1.82) is 5.26 Å². The van der Waals surface area contributed by atoms with E-state index in [1.165, 1.54) is 38.8 Å². The first kappa shape index (κ1) is 23.6. The summed E-state index contributed by atoms with van der Waals surface area (Å²) in [5, 5.41) is 16.4. The number of hydrogen-bond donors (Lipinski definition) is 2. The Bertz CT molecular complexity index is 1580. The van der Waals surface area contributed by atoms with Gasteiger partial charge in [-0.2, -0.15) is 10.2 Å². The van der Waals surface area contributed by atoms with E-state index in [0.717, 1.165) is 25.2 Å². The van der Waals surface area contributed by atoms with Gasteiger partial charge in [0, 0.05) is 24.5 Å². The first-order chi connectivity index (χ1) is 17.2. The first-order valence-corrected chi connectivity index (χ1v) is 11.9. The highest BCUT2D eigenvalue weighted by molar-refractivity contribution is 5.77. The van der Waals surface area contributed by atoms with E-state index in [2.05, 4.69) is 43.8 Å². The molecule has 0 saturated heterocycles. The zero-order valence-corrected chi connectivity index (χ0v) is 20.6. The molecule has 0 amide bonds. The topological polar surface area (TPSA) is 113 Å². The molecule has 1 aliphatic heterocycles. The lowest BCUT2D eigenvalue weighted by molar-refractivity contribution is 0.458. The summed E-state index contributed by atoms with van der Waals surface area (Å²) < 4.78 is 18.0. The Labute approximate surface area is 207 Å². The highest BCUT2D eigenvalue weighted by atomic mass is 19.1. The lowest BCUT2D eigenvalue weighted by atomic mass is 9.91. The third-order valence-electron chi connectivity index (χ3n) is 6.41. The van der Waals surface area contributed by atoms with E-state index in [9.17, 15) is 10.1 Å². The molecule has 1 aromatic carbocycles. The molecular weight excluding hydrogens is 459 g/mol. The van der Waals surface area contributed by atoms with Crippen LogP contribution in [0, 0.1) is 17.1 Å². The van der Waals surface area contributed by atoms with Crippen LogP contribution >= 0.6 is 0 Å². The number of pyridine rings is 1. The Morgan fingerprint density at radius 2 is 2.00 bits per heavy atom. The molecule has 0 radical (unpaired) electrons. The summed E-state index contributed by atoms with van der Waals surface area (Å²) in [7, 11) is 0. The monoisotopic (exact) mass is 486 g/mol. The van der Waals surface area contributed by atoms with Gasteiger partial charge in [-0.15, -0.1) is 0 Å². The van der Waals surface area contributed by atoms with E-state index in [4.69, 9.17) is 0 Å². The van der Waals surface area contributed by atoms with Crippen LogP contribution in [0.15, 0.2) is 41.3 Å². The van der Waals surface area contributed by atoms with Gasteiger partial charge in [0.05, 0.1) is 17.2 Å². The summed E-state index contributed by atoms with van der Waals surface area (Å²) in [4.78, 5) is 26.7. The Morgan fingerprint density at radius 3 is 2.75 bits per heavy atom. The Kier molecular flexibility index (Phi) is 5.80. The molecule has 3 aromatic heterocycles. The predicted octanol–water partition coefficient (Wildman–Crippen LogP) is 3.89. The van der Waals surface area contributed by atoms with Gasteiger partial charge in [-0.05, 0) is 76.1 Å². The minimum Gasteiger partial charge on any atom is -0.324 e. The Morgan fingerprint density at radius 1 is 1.19 bits per heavy atom. The van der Waals surface area contributed by atoms with Crippen LogP contribution in [0.1, 0.15) is 50.6 Å². The summed E-state index contributed by atoms with van der Waals surface area (Å²) in [5.41, 5.74) is 2.67. The van der Waals surface area contributed by atoms with Crippen molar-refractivity contribution in [3.8, 4) is 11.9 Å². The molecule has 0 atom stereocenters. The van der Waals surface area contributed by atoms with Gasteiger partial charge in [0.1, 0.15) is 5.39 Å². The molecule has 0 bridgehead atoms. The van der Waals surface area contributed by atoms with Gasteiger partial charge in [0.2, 0.25) is 5.95 Å². The van der Waals surface area contributed by atoms with E-state index < -0.39 is 11.2 Å². The van der Waals surface area contributed by atoms with Gasteiger partial charge >= 0.3 is 0 Å². The molecule has 4 aromatic rings. The quantitative estimate of drug-likeness (QED) is 0.440. The highest BCUT2D eigenvalue weighted by Gasteiger charge is 2.27. The average molecular weight is 487 g/mol. The molecule has 4 heterocycles. The van der Waals surface area contributed by atoms with Crippen molar-refractivity contribution in [3.05, 3.63) is 69.5 Å². The fourth-order valence-corrected chi connectivity index (χ4v) is 4.40. The SMILES string of the molecule is CC(C)n1c(=O)c2cnc(Nc3ccc4c(c3)CCNC4)nc2n1-c1nc(C(C)(C)C#N)ccc1F. The standard InChI is InChI=1S/C26H27FN8O/c1-15(2)34-24(36)19-13-30-25(31-18-6-5-17-12-29-10-9-16(17)11-18)33-22(19)35(34)23-20(27)7-8-21(32-23)26(3,4)14-28/h5-8,11,13,15,29H,9-10,12H2,1-4H3,(H,30,31,33). The second-order valence-corrected chi connectivity index (χ2v) is 9.76. The maximum absolute atomic E-state index is 15.2. The summed E-state index contributed by atoms with van der Waals surface area (Å²) in [6.07, 6.45) is 2.38. The smallest absolute Gasteiger partial charge is 0.278 e. The number of nitrogens with one attached hydrogen (secondary N) is 2. The maximum Gasteiger partial charge on any atom is 0.278 e. The fourth-order valence-electron chi connectivity index (χ4n) is 4.40. The third-order valence-corrected chi connectivity index (χ3v) is 6.41. The molecule has 1 aliphatic rings. The number of benzene rings is 1. The van der Waals surface area contributed by atoms with Crippen molar-refractivity contribution >= 4 is 22.7 Å². The second kappa shape index (κ2) is 8.84. The molecule has 184 valence electrons. The molecule has 36 heavy (non-hydrogen) atoms. The van der Waals surface area contributed by atoms with Crippen molar-refractivity contribution in [1.82, 2.24) is 29.6 Å². The zero-order valence-electron chi connectivity index (χ0n) is 20.6.